The van der Waals surface area contributed by atoms with E-state index in [9.17, 15) is 0 Å². The van der Waals surface area contributed by atoms with Gasteiger partial charge in [0.2, 0.25) is 0 Å². The summed E-state index contributed by atoms with van der Waals surface area (Å²) in [4.78, 5) is 1.55. The summed E-state index contributed by atoms with van der Waals surface area (Å²) in [5, 5.41) is 16.0. The summed E-state index contributed by atoms with van der Waals surface area (Å²) >= 11 is 0. The molecule has 1 aromatic rings. The van der Waals surface area contributed by atoms with Crippen LogP contribution in [-0.4, -0.2) is 32.8 Å². The molecule has 5 nitrogen and oxygen atoms in total. The first-order valence-corrected chi connectivity index (χ1v) is 7.69. The Morgan fingerprint density at radius 1 is 1.37 bits per heavy atom. The molecule has 0 radical (unpaired) electrons. The fourth-order valence-corrected chi connectivity index (χ4v) is 3.34. The van der Waals surface area contributed by atoms with Crippen LogP contribution < -0.4 is 5.32 Å². The molecule has 3 unspecified atom stereocenters. The van der Waals surface area contributed by atoms with Crippen molar-refractivity contribution >= 4 is 0 Å². The molecule has 0 amide bonds. The Morgan fingerprint density at radius 3 is 2.84 bits per heavy atom. The standard InChI is InChI=1S/C14H27N5/c1-4-11-7-6-8-12(9-11)13(15-5-2)10-14-16-18-19(3)17-14/h11-13,15H,4-10H2,1-3H3. The molecule has 1 N–H and O–H groups in total. The first-order chi connectivity index (χ1) is 9.22. The Morgan fingerprint density at radius 2 is 2.21 bits per heavy atom. The second-order valence-corrected chi connectivity index (χ2v) is 5.76. The third kappa shape index (κ3) is 4.00. The molecular weight excluding hydrogens is 238 g/mol. The van der Waals surface area contributed by atoms with Crippen LogP contribution >= 0.6 is 0 Å². The van der Waals surface area contributed by atoms with E-state index in [1.807, 2.05) is 7.05 Å². The number of hydrogen-bond donors (Lipinski definition) is 1. The lowest BCUT2D eigenvalue weighted by molar-refractivity contribution is 0.207. The van der Waals surface area contributed by atoms with Crippen LogP contribution in [0.1, 0.15) is 51.8 Å². The Labute approximate surface area is 116 Å². The third-order valence-corrected chi connectivity index (χ3v) is 4.39. The van der Waals surface area contributed by atoms with E-state index in [0.717, 1.165) is 30.6 Å². The van der Waals surface area contributed by atoms with Crippen molar-refractivity contribution in [1.82, 2.24) is 25.5 Å². The number of hydrogen-bond acceptors (Lipinski definition) is 4. The van der Waals surface area contributed by atoms with E-state index in [2.05, 4.69) is 34.6 Å². The zero-order chi connectivity index (χ0) is 13.7. The van der Waals surface area contributed by atoms with Crippen LogP contribution in [0.4, 0.5) is 0 Å². The molecule has 3 atom stereocenters. The number of tetrazole rings is 1. The average molecular weight is 265 g/mol. The van der Waals surface area contributed by atoms with E-state index in [1.54, 1.807) is 4.80 Å². The SMILES string of the molecule is CCNC(Cc1nnn(C)n1)C1CCCC(CC)C1. The van der Waals surface area contributed by atoms with Crippen LogP contribution in [0.5, 0.6) is 0 Å². The van der Waals surface area contributed by atoms with Gasteiger partial charge in [0, 0.05) is 12.5 Å². The first kappa shape index (κ1) is 14.4. The van der Waals surface area contributed by atoms with Crippen LogP contribution in [0.3, 0.4) is 0 Å². The highest BCUT2D eigenvalue weighted by Gasteiger charge is 2.28. The van der Waals surface area contributed by atoms with Gasteiger partial charge >= 0.3 is 0 Å². The lowest BCUT2D eigenvalue weighted by Gasteiger charge is -2.34. The van der Waals surface area contributed by atoms with Gasteiger partial charge in [-0.05, 0) is 36.4 Å². The van der Waals surface area contributed by atoms with E-state index in [1.165, 1.54) is 32.1 Å². The number of rotatable bonds is 6. The van der Waals surface area contributed by atoms with Crippen LogP contribution in [0, 0.1) is 11.8 Å². The average Bonchev–Trinajstić information content (AvgIpc) is 2.84. The minimum Gasteiger partial charge on any atom is -0.314 e. The topological polar surface area (TPSA) is 55.6 Å². The second kappa shape index (κ2) is 6.98. The van der Waals surface area contributed by atoms with E-state index in [0.29, 0.717) is 6.04 Å². The van der Waals surface area contributed by atoms with Gasteiger partial charge in [-0.3, -0.25) is 0 Å². The molecule has 5 heteroatoms. The minimum absolute atomic E-state index is 0.503. The van der Waals surface area contributed by atoms with Crippen molar-refractivity contribution in [3.8, 4) is 0 Å². The third-order valence-electron chi connectivity index (χ3n) is 4.39. The molecule has 0 saturated heterocycles. The van der Waals surface area contributed by atoms with Gasteiger partial charge in [-0.1, -0.05) is 33.1 Å². The summed E-state index contributed by atoms with van der Waals surface area (Å²) in [7, 11) is 1.83. The summed E-state index contributed by atoms with van der Waals surface area (Å²) in [6, 6.07) is 0.503. The van der Waals surface area contributed by atoms with Gasteiger partial charge in [0.1, 0.15) is 0 Å². The first-order valence-electron chi connectivity index (χ1n) is 7.69. The van der Waals surface area contributed by atoms with Gasteiger partial charge in [-0.2, -0.15) is 4.80 Å². The Balaban J connectivity index is 1.98. The fraction of sp³-hybridized carbons (Fsp3) is 0.929. The van der Waals surface area contributed by atoms with Crippen molar-refractivity contribution in [3.63, 3.8) is 0 Å². The Bertz CT molecular complexity index is 376. The van der Waals surface area contributed by atoms with Crippen LogP contribution in [0.2, 0.25) is 0 Å². The molecule has 0 spiro atoms. The largest absolute Gasteiger partial charge is 0.314 e. The van der Waals surface area contributed by atoms with E-state index in [4.69, 9.17) is 0 Å². The number of nitrogens with zero attached hydrogens (tertiary/aromatic N) is 4. The van der Waals surface area contributed by atoms with Crippen molar-refractivity contribution in [2.45, 2.75) is 58.4 Å². The molecule has 1 aromatic heterocycles. The molecule has 2 rings (SSSR count). The fourth-order valence-electron chi connectivity index (χ4n) is 3.34. The summed E-state index contributed by atoms with van der Waals surface area (Å²) in [6.07, 6.45) is 7.71. The maximum atomic E-state index is 4.32. The molecule has 0 aliphatic heterocycles. The highest BCUT2D eigenvalue weighted by atomic mass is 15.6. The van der Waals surface area contributed by atoms with Crippen molar-refractivity contribution in [3.05, 3.63) is 5.82 Å². The predicted octanol–water partition coefficient (Wildman–Crippen LogP) is 1.95. The summed E-state index contributed by atoms with van der Waals surface area (Å²) in [6.45, 7) is 5.51. The highest BCUT2D eigenvalue weighted by Crippen LogP contribution is 2.33. The van der Waals surface area contributed by atoms with Gasteiger partial charge < -0.3 is 5.32 Å². The molecule has 1 saturated carbocycles. The van der Waals surface area contributed by atoms with Crippen molar-refractivity contribution in [2.75, 3.05) is 6.54 Å². The molecule has 1 aliphatic carbocycles. The molecule has 1 heterocycles. The van der Waals surface area contributed by atoms with Gasteiger partial charge in [0.05, 0.1) is 7.05 Å². The zero-order valence-electron chi connectivity index (χ0n) is 12.5. The molecule has 1 aliphatic rings. The van der Waals surface area contributed by atoms with E-state index < -0.39 is 0 Å². The molecule has 0 aromatic carbocycles. The van der Waals surface area contributed by atoms with E-state index >= 15 is 0 Å². The van der Waals surface area contributed by atoms with Gasteiger partial charge in [-0.25, -0.2) is 0 Å². The molecular formula is C14H27N5. The number of aryl methyl sites for hydroxylation is 1. The molecule has 108 valence electrons. The van der Waals surface area contributed by atoms with Crippen molar-refractivity contribution < 1.29 is 0 Å². The smallest absolute Gasteiger partial charge is 0.176 e. The summed E-state index contributed by atoms with van der Waals surface area (Å²) in [5.41, 5.74) is 0. The zero-order valence-corrected chi connectivity index (χ0v) is 12.5. The quantitative estimate of drug-likeness (QED) is 0.854. The van der Waals surface area contributed by atoms with E-state index in [-0.39, 0.29) is 0 Å². The number of likely N-dealkylation sites (N-methyl/N-ethyl adjacent to an activating group) is 1. The van der Waals surface area contributed by atoms with Crippen LogP contribution in [0.25, 0.3) is 0 Å². The summed E-state index contributed by atoms with van der Waals surface area (Å²) < 4.78 is 0. The van der Waals surface area contributed by atoms with Crippen LogP contribution in [-0.2, 0) is 13.5 Å². The Kier molecular flexibility index (Phi) is 5.31. The number of nitrogens with one attached hydrogen (secondary N) is 1. The van der Waals surface area contributed by atoms with Gasteiger partial charge in [0.15, 0.2) is 5.82 Å². The second-order valence-electron chi connectivity index (χ2n) is 5.76. The maximum absolute atomic E-state index is 4.32. The highest BCUT2D eigenvalue weighted by molar-refractivity contribution is 4.90. The normalized spacial score (nSPS) is 25.4. The predicted molar refractivity (Wildman–Crippen MR) is 75.7 cm³/mol. The maximum Gasteiger partial charge on any atom is 0.176 e. The minimum atomic E-state index is 0.503. The van der Waals surface area contributed by atoms with Gasteiger partial charge in [0.25, 0.3) is 0 Å². The molecule has 0 bridgehead atoms. The molecule has 1 fully saturated rings. The lowest BCUT2D eigenvalue weighted by atomic mass is 9.76. The lowest BCUT2D eigenvalue weighted by Crippen LogP contribution is -2.40. The van der Waals surface area contributed by atoms with Crippen molar-refractivity contribution in [1.29, 1.82) is 0 Å². The number of aromatic nitrogens is 4. The summed E-state index contributed by atoms with van der Waals surface area (Å²) in [5.74, 6) is 2.55. The van der Waals surface area contributed by atoms with Gasteiger partial charge in [-0.15, -0.1) is 10.2 Å². The molecule has 19 heavy (non-hydrogen) atoms. The van der Waals surface area contributed by atoms with Crippen LogP contribution in [0.15, 0.2) is 0 Å². The Hall–Kier alpha value is -0.970. The van der Waals surface area contributed by atoms with Crippen molar-refractivity contribution in [2.24, 2.45) is 18.9 Å². The monoisotopic (exact) mass is 265 g/mol.